The molecule has 0 amide bonds. The van der Waals surface area contributed by atoms with Gasteiger partial charge in [0.2, 0.25) is 0 Å². The van der Waals surface area contributed by atoms with E-state index in [-0.39, 0.29) is 27.9 Å². The van der Waals surface area contributed by atoms with Crippen LogP contribution in [0.15, 0.2) is 30.5 Å². The van der Waals surface area contributed by atoms with Gasteiger partial charge in [0, 0.05) is 44.0 Å². The van der Waals surface area contributed by atoms with Gasteiger partial charge in [-0.25, -0.2) is 4.98 Å². The molecule has 3 rings (SSSR count). The van der Waals surface area contributed by atoms with Crippen LogP contribution in [0, 0.1) is 10.1 Å². The van der Waals surface area contributed by atoms with E-state index in [4.69, 9.17) is 11.6 Å². The molecule has 1 aromatic carbocycles. The maximum atomic E-state index is 12.8. The molecule has 1 aliphatic heterocycles. The molecule has 1 aromatic heterocycles. The van der Waals surface area contributed by atoms with Crippen LogP contribution in [0.4, 0.5) is 30.4 Å². The minimum absolute atomic E-state index is 0.102. The summed E-state index contributed by atoms with van der Waals surface area (Å²) in [5.41, 5.74) is -0.448. The Morgan fingerprint density at radius 2 is 1.83 bits per heavy atom. The predicted octanol–water partition coefficient (Wildman–Crippen LogP) is 4.58. The van der Waals surface area contributed by atoms with Crippen molar-refractivity contribution in [3.63, 3.8) is 0 Å². The Balaban J connectivity index is 1.82. The minimum Gasteiger partial charge on any atom is -0.364 e. The van der Waals surface area contributed by atoms with Crippen molar-refractivity contribution in [3.8, 4) is 0 Å². The number of rotatable bonds is 4. The average Bonchev–Trinajstić information content (AvgIpc) is 2.92. The lowest BCUT2D eigenvalue weighted by molar-refractivity contribution is -0.384. The summed E-state index contributed by atoms with van der Waals surface area (Å²) in [5.74, 6) is -0.0253. The largest absolute Gasteiger partial charge is 0.417 e. The Bertz CT molecular complexity index is 984. The molecule has 2 heterocycles. The zero-order chi connectivity index (χ0) is 22.1. The van der Waals surface area contributed by atoms with Crippen LogP contribution in [0.2, 0.25) is 5.02 Å². The molecule has 1 fully saturated rings. The molecule has 0 N–H and O–H groups in total. The van der Waals surface area contributed by atoms with E-state index in [2.05, 4.69) is 4.98 Å². The third kappa shape index (κ3) is 4.64. The third-order valence-corrected chi connectivity index (χ3v) is 5.14. The van der Waals surface area contributed by atoms with Gasteiger partial charge in [0.15, 0.2) is 5.78 Å². The first-order valence-electron chi connectivity index (χ1n) is 9.10. The molecular formula is C19H18ClF3N4O3. The highest BCUT2D eigenvalue weighted by Crippen LogP contribution is 2.35. The molecule has 1 saturated heterocycles. The summed E-state index contributed by atoms with van der Waals surface area (Å²) in [6.07, 6.45) is -3.20. The maximum absolute atomic E-state index is 12.8. The molecule has 30 heavy (non-hydrogen) atoms. The lowest BCUT2D eigenvalue weighted by atomic mass is 10.1. The van der Waals surface area contributed by atoms with Crippen LogP contribution in [0.1, 0.15) is 29.3 Å². The predicted molar refractivity (Wildman–Crippen MR) is 106 cm³/mol. The van der Waals surface area contributed by atoms with E-state index >= 15 is 0 Å². The number of benzene rings is 1. The van der Waals surface area contributed by atoms with Crippen LogP contribution < -0.4 is 9.80 Å². The smallest absolute Gasteiger partial charge is 0.364 e. The average molecular weight is 443 g/mol. The van der Waals surface area contributed by atoms with Gasteiger partial charge in [-0.3, -0.25) is 14.9 Å². The van der Waals surface area contributed by atoms with Crippen LogP contribution in [0.3, 0.4) is 0 Å². The van der Waals surface area contributed by atoms with Crippen molar-refractivity contribution in [1.29, 1.82) is 0 Å². The van der Waals surface area contributed by atoms with Crippen molar-refractivity contribution < 1.29 is 22.9 Å². The number of nitro groups is 1. The number of alkyl halides is 3. The Morgan fingerprint density at radius 3 is 2.43 bits per heavy atom. The highest BCUT2D eigenvalue weighted by atomic mass is 35.5. The second kappa shape index (κ2) is 8.47. The normalized spacial score (nSPS) is 15.1. The Kier molecular flexibility index (Phi) is 6.16. The standard InChI is InChI=1S/C19H18ClF3N4O3/c1-12(28)13-3-4-16(17(9-13)27(29)30)25-5-2-6-26(8-7-25)18-15(20)10-14(11-24-18)19(21,22)23/h3-4,9-11H,2,5-8H2,1H3. The molecule has 0 saturated carbocycles. The van der Waals surface area contributed by atoms with Crippen LogP contribution in [0.5, 0.6) is 0 Å². The van der Waals surface area contributed by atoms with Crippen molar-refractivity contribution in [2.75, 3.05) is 36.0 Å². The van der Waals surface area contributed by atoms with Crippen LogP contribution in [0.25, 0.3) is 0 Å². The summed E-state index contributed by atoms with van der Waals surface area (Å²) < 4.78 is 38.5. The van der Waals surface area contributed by atoms with Crippen LogP contribution in [-0.4, -0.2) is 41.9 Å². The van der Waals surface area contributed by atoms with Gasteiger partial charge >= 0.3 is 6.18 Å². The molecule has 0 spiro atoms. The number of hydrogen-bond donors (Lipinski definition) is 0. The summed E-state index contributed by atoms with van der Waals surface area (Å²) in [5, 5.41) is 11.4. The fourth-order valence-electron chi connectivity index (χ4n) is 3.34. The number of nitro benzene ring substituents is 1. The lowest BCUT2D eigenvalue weighted by Crippen LogP contribution is -2.31. The van der Waals surface area contributed by atoms with E-state index in [0.717, 1.165) is 12.3 Å². The zero-order valence-electron chi connectivity index (χ0n) is 15.9. The van der Waals surface area contributed by atoms with Gasteiger partial charge in [-0.05, 0) is 31.5 Å². The van der Waals surface area contributed by atoms with Crippen LogP contribution in [-0.2, 0) is 6.18 Å². The number of halogens is 4. The molecule has 7 nitrogen and oxygen atoms in total. The van der Waals surface area contributed by atoms with Crippen molar-refractivity contribution >= 4 is 34.6 Å². The van der Waals surface area contributed by atoms with Crippen molar-refractivity contribution in [2.45, 2.75) is 19.5 Å². The SMILES string of the molecule is CC(=O)c1ccc(N2CCCN(c3ncc(C(F)(F)F)cc3Cl)CC2)c([N+](=O)[O-])c1. The lowest BCUT2D eigenvalue weighted by Gasteiger charge is -2.25. The summed E-state index contributed by atoms with van der Waals surface area (Å²) in [7, 11) is 0. The number of pyridine rings is 1. The topological polar surface area (TPSA) is 79.6 Å². The summed E-state index contributed by atoms with van der Waals surface area (Å²) >= 11 is 6.05. The molecule has 0 bridgehead atoms. The molecule has 0 radical (unpaired) electrons. The molecule has 1 aliphatic rings. The number of carbonyl (C=O) groups excluding carboxylic acids is 1. The molecule has 0 aliphatic carbocycles. The number of Topliss-reactive ketones (excluding diaryl/α,β-unsaturated/α-hetero) is 1. The maximum Gasteiger partial charge on any atom is 0.417 e. The number of carbonyl (C=O) groups is 1. The van der Waals surface area contributed by atoms with E-state index in [9.17, 15) is 28.1 Å². The number of hydrogen-bond acceptors (Lipinski definition) is 6. The molecular weight excluding hydrogens is 425 g/mol. The van der Waals surface area contributed by atoms with Gasteiger partial charge < -0.3 is 9.80 Å². The first kappa shape index (κ1) is 21.8. The third-order valence-electron chi connectivity index (χ3n) is 4.86. The van der Waals surface area contributed by atoms with Crippen molar-refractivity contribution in [1.82, 2.24) is 4.98 Å². The van der Waals surface area contributed by atoms with Gasteiger partial charge in [-0.2, -0.15) is 13.2 Å². The summed E-state index contributed by atoms with van der Waals surface area (Å²) in [6.45, 7) is 3.05. The van der Waals surface area contributed by atoms with E-state index in [1.54, 1.807) is 17.0 Å². The van der Waals surface area contributed by atoms with Gasteiger partial charge in [0.1, 0.15) is 11.5 Å². The second-order valence-electron chi connectivity index (χ2n) is 6.87. The van der Waals surface area contributed by atoms with Gasteiger partial charge in [0.05, 0.1) is 15.5 Å². The van der Waals surface area contributed by atoms with Crippen LogP contribution >= 0.6 is 11.6 Å². The monoisotopic (exact) mass is 442 g/mol. The second-order valence-corrected chi connectivity index (χ2v) is 7.28. The van der Waals surface area contributed by atoms with E-state index < -0.39 is 16.7 Å². The molecule has 2 aromatic rings. The fraction of sp³-hybridized carbons (Fsp3) is 0.368. The zero-order valence-corrected chi connectivity index (χ0v) is 16.7. The van der Waals surface area contributed by atoms with E-state index in [1.165, 1.54) is 13.0 Å². The Morgan fingerprint density at radius 1 is 1.17 bits per heavy atom. The number of aromatic nitrogens is 1. The molecule has 11 heteroatoms. The quantitative estimate of drug-likeness (QED) is 0.391. The molecule has 0 atom stereocenters. The first-order chi connectivity index (χ1) is 14.1. The van der Waals surface area contributed by atoms with Gasteiger partial charge in [0.25, 0.3) is 5.69 Å². The van der Waals surface area contributed by atoms with Gasteiger partial charge in [-0.1, -0.05) is 11.6 Å². The summed E-state index contributed by atoms with van der Waals surface area (Å²) in [4.78, 5) is 30.0. The Hall–Kier alpha value is -2.88. The number of anilines is 2. The van der Waals surface area contributed by atoms with Crippen molar-refractivity contribution in [3.05, 3.63) is 56.7 Å². The van der Waals surface area contributed by atoms with E-state index in [0.29, 0.717) is 38.3 Å². The minimum atomic E-state index is -4.53. The highest BCUT2D eigenvalue weighted by molar-refractivity contribution is 6.33. The van der Waals surface area contributed by atoms with Crippen molar-refractivity contribution in [2.24, 2.45) is 0 Å². The first-order valence-corrected chi connectivity index (χ1v) is 9.47. The number of nitrogens with zero attached hydrogens (tertiary/aromatic N) is 4. The van der Waals surface area contributed by atoms with E-state index in [1.807, 2.05) is 4.90 Å². The summed E-state index contributed by atoms with van der Waals surface area (Å²) in [6, 6.07) is 5.20. The van der Waals surface area contributed by atoms with Gasteiger partial charge in [-0.15, -0.1) is 0 Å². The fourth-order valence-corrected chi connectivity index (χ4v) is 3.63. The number of ketones is 1. The Labute approximate surface area is 175 Å². The molecule has 160 valence electrons. The highest BCUT2D eigenvalue weighted by Gasteiger charge is 2.32. The molecule has 0 unspecified atom stereocenters.